The average molecular weight is 462 g/mol. The number of carbonyl (C=O) groups is 2. The van der Waals surface area contributed by atoms with Crippen LogP contribution in [0.1, 0.15) is 37.7 Å². The van der Waals surface area contributed by atoms with Crippen molar-refractivity contribution in [2.45, 2.75) is 44.6 Å². The lowest BCUT2D eigenvalue weighted by atomic mass is 9.76. The number of amides is 2. The van der Waals surface area contributed by atoms with Crippen molar-refractivity contribution in [2.75, 3.05) is 47.8 Å². The Hall–Kier alpha value is -3.20. The Morgan fingerprint density at radius 3 is 2.50 bits per heavy atom. The molecule has 9 nitrogen and oxygen atoms in total. The number of nitrogens with one attached hydrogen (secondary N) is 3. The van der Waals surface area contributed by atoms with Crippen molar-refractivity contribution in [1.29, 1.82) is 0 Å². The SMILES string of the molecule is O=C1NCC[C@@]12Cc1cnc(Nc3ccc(N4CCNCC4)cc3)nc1N(C1CCCC1)C2=O. The van der Waals surface area contributed by atoms with Crippen molar-refractivity contribution in [2.24, 2.45) is 5.41 Å². The van der Waals surface area contributed by atoms with Gasteiger partial charge in [0.1, 0.15) is 11.2 Å². The molecule has 1 saturated carbocycles. The molecule has 4 aliphatic rings. The zero-order valence-electron chi connectivity index (χ0n) is 19.3. The summed E-state index contributed by atoms with van der Waals surface area (Å²) in [6.45, 7) is 4.56. The van der Waals surface area contributed by atoms with E-state index in [4.69, 9.17) is 4.98 Å². The van der Waals surface area contributed by atoms with E-state index < -0.39 is 5.41 Å². The third-order valence-electron chi connectivity index (χ3n) is 7.76. The van der Waals surface area contributed by atoms with Crippen LogP contribution in [0.2, 0.25) is 0 Å². The van der Waals surface area contributed by atoms with Crippen LogP contribution in [0, 0.1) is 5.41 Å². The molecule has 1 aromatic carbocycles. The third kappa shape index (κ3) is 3.58. The summed E-state index contributed by atoms with van der Waals surface area (Å²) in [7, 11) is 0. The van der Waals surface area contributed by atoms with Crippen LogP contribution in [-0.2, 0) is 16.0 Å². The average Bonchev–Trinajstić information content (AvgIpc) is 3.52. The summed E-state index contributed by atoms with van der Waals surface area (Å²) in [5.41, 5.74) is 1.98. The fourth-order valence-electron chi connectivity index (χ4n) is 5.87. The molecule has 3 N–H and O–H groups in total. The zero-order chi connectivity index (χ0) is 23.1. The monoisotopic (exact) mass is 461 g/mol. The van der Waals surface area contributed by atoms with Crippen molar-refractivity contribution in [3.63, 3.8) is 0 Å². The van der Waals surface area contributed by atoms with Gasteiger partial charge >= 0.3 is 0 Å². The van der Waals surface area contributed by atoms with Crippen molar-refractivity contribution in [3.8, 4) is 0 Å². The quantitative estimate of drug-likeness (QED) is 0.598. The minimum absolute atomic E-state index is 0.0908. The number of fused-ring (bicyclic) bond motifs is 1. The van der Waals surface area contributed by atoms with Crippen LogP contribution in [0.5, 0.6) is 0 Å². The Labute approximate surface area is 199 Å². The molecule has 6 rings (SSSR count). The fourth-order valence-corrected chi connectivity index (χ4v) is 5.87. The lowest BCUT2D eigenvalue weighted by Crippen LogP contribution is -2.56. The van der Waals surface area contributed by atoms with Gasteiger partial charge in [0.2, 0.25) is 17.8 Å². The van der Waals surface area contributed by atoms with E-state index in [9.17, 15) is 9.59 Å². The smallest absolute Gasteiger partial charge is 0.244 e. The fraction of sp³-hybridized carbons (Fsp3) is 0.520. The summed E-state index contributed by atoms with van der Waals surface area (Å²) >= 11 is 0. The minimum Gasteiger partial charge on any atom is -0.369 e. The van der Waals surface area contributed by atoms with Gasteiger partial charge in [-0.1, -0.05) is 12.8 Å². The van der Waals surface area contributed by atoms with E-state index in [1.807, 2.05) is 17.0 Å². The molecular weight excluding hydrogens is 430 g/mol. The maximum atomic E-state index is 13.7. The highest BCUT2D eigenvalue weighted by atomic mass is 16.2. The Kier molecular flexibility index (Phi) is 5.36. The van der Waals surface area contributed by atoms with Crippen LogP contribution in [0.4, 0.5) is 23.1 Å². The summed E-state index contributed by atoms with van der Waals surface area (Å²) in [4.78, 5) is 40.1. The lowest BCUT2D eigenvalue weighted by molar-refractivity contribution is -0.140. The molecule has 178 valence electrons. The van der Waals surface area contributed by atoms with Crippen molar-refractivity contribution in [3.05, 3.63) is 36.0 Å². The van der Waals surface area contributed by atoms with Crippen molar-refractivity contribution >= 4 is 35.0 Å². The number of nitrogens with zero attached hydrogens (tertiary/aromatic N) is 4. The van der Waals surface area contributed by atoms with Gasteiger partial charge in [0.15, 0.2) is 0 Å². The molecule has 1 atom stereocenters. The maximum absolute atomic E-state index is 13.7. The van der Waals surface area contributed by atoms with Gasteiger partial charge in [0, 0.05) is 68.3 Å². The molecular formula is C25H31N7O2. The van der Waals surface area contributed by atoms with Gasteiger partial charge in [-0.05, 0) is 43.5 Å². The number of hydrogen-bond donors (Lipinski definition) is 3. The number of benzene rings is 1. The standard InChI is InChI=1S/C25H31N7O2/c33-22-25(9-10-27-22)15-17-16-28-24(30-21(17)32(23(25)34)20-3-1-2-4-20)29-18-5-7-19(8-6-18)31-13-11-26-12-14-31/h5-8,16,20,26H,1-4,9-15H2,(H,27,33)(H,28,29,30)/t25-/m1/s1. The van der Waals surface area contributed by atoms with E-state index in [1.165, 1.54) is 5.69 Å². The second kappa shape index (κ2) is 8.54. The summed E-state index contributed by atoms with van der Waals surface area (Å²) in [6, 6.07) is 8.40. The molecule has 0 bridgehead atoms. The van der Waals surface area contributed by atoms with Gasteiger partial charge in [0.25, 0.3) is 0 Å². The lowest BCUT2D eigenvalue weighted by Gasteiger charge is -2.40. The molecule has 9 heteroatoms. The van der Waals surface area contributed by atoms with Crippen LogP contribution in [0.15, 0.2) is 30.5 Å². The molecule has 2 aromatic rings. The highest BCUT2D eigenvalue weighted by Gasteiger charge is 2.56. The van der Waals surface area contributed by atoms with Gasteiger partial charge in [-0.15, -0.1) is 0 Å². The first-order valence-electron chi connectivity index (χ1n) is 12.4. The highest BCUT2D eigenvalue weighted by molar-refractivity contribution is 6.14. The summed E-state index contributed by atoms with van der Waals surface area (Å²) in [6.07, 6.45) is 6.79. The molecule has 1 aromatic heterocycles. The van der Waals surface area contributed by atoms with Gasteiger partial charge in [-0.2, -0.15) is 4.98 Å². The number of hydrogen-bond acceptors (Lipinski definition) is 7. The van der Waals surface area contributed by atoms with E-state index in [-0.39, 0.29) is 17.9 Å². The molecule has 3 fully saturated rings. The number of aromatic nitrogens is 2. The predicted octanol–water partition coefficient (Wildman–Crippen LogP) is 1.97. The molecule has 2 amide bonds. The zero-order valence-corrected chi connectivity index (χ0v) is 19.3. The molecule has 0 unspecified atom stereocenters. The van der Waals surface area contributed by atoms with Crippen LogP contribution in [0.25, 0.3) is 0 Å². The van der Waals surface area contributed by atoms with Crippen LogP contribution in [0.3, 0.4) is 0 Å². The van der Waals surface area contributed by atoms with Gasteiger partial charge in [0.05, 0.1) is 0 Å². The Bertz CT molecular complexity index is 1090. The number of carbonyl (C=O) groups excluding carboxylic acids is 2. The van der Waals surface area contributed by atoms with Crippen LogP contribution >= 0.6 is 0 Å². The first-order chi connectivity index (χ1) is 16.6. The van der Waals surface area contributed by atoms with Crippen LogP contribution < -0.4 is 25.8 Å². The Morgan fingerprint density at radius 1 is 1.03 bits per heavy atom. The molecule has 4 heterocycles. The van der Waals surface area contributed by atoms with Gasteiger partial charge in [-0.25, -0.2) is 4.98 Å². The third-order valence-corrected chi connectivity index (χ3v) is 7.76. The second-order valence-corrected chi connectivity index (χ2v) is 9.83. The largest absolute Gasteiger partial charge is 0.369 e. The second-order valence-electron chi connectivity index (χ2n) is 9.83. The van der Waals surface area contributed by atoms with Crippen molar-refractivity contribution in [1.82, 2.24) is 20.6 Å². The number of rotatable bonds is 4. The maximum Gasteiger partial charge on any atom is 0.244 e. The summed E-state index contributed by atoms with van der Waals surface area (Å²) in [5, 5.41) is 9.57. The highest BCUT2D eigenvalue weighted by Crippen LogP contribution is 2.44. The van der Waals surface area contributed by atoms with E-state index in [1.54, 1.807) is 6.20 Å². The van der Waals surface area contributed by atoms with E-state index >= 15 is 0 Å². The normalized spacial score (nSPS) is 25.1. The van der Waals surface area contributed by atoms with E-state index in [0.717, 1.165) is 63.1 Å². The van der Waals surface area contributed by atoms with E-state index in [2.05, 4.69) is 38.0 Å². The van der Waals surface area contributed by atoms with Gasteiger partial charge in [-0.3, -0.25) is 14.5 Å². The molecule has 1 aliphatic carbocycles. The predicted molar refractivity (Wildman–Crippen MR) is 130 cm³/mol. The minimum atomic E-state index is -1.01. The Morgan fingerprint density at radius 2 is 1.79 bits per heavy atom. The summed E-state index contributed by atoms with van der Waals surface area (Å²) < 4.78 is 0. The van der Waals surface area contributed by atoms with Crippen molar-refractivity contribution < 1.29 is 9.59 Å². The van der Waals surface area contributed by atoms with Gasteiger partial charge < -0.3 is 20.9 Å². The first-order valence-corrected chi connectivity index (χ1v) is 12.4. The molecule has 3 aliphatic heterocycles. The van der Waals surface area contributed by atoms with Crippen LogP contribution in [-0.4, -0.2) is 60.5 Å². The molecule has 34 heavy (non-hydrogen) atoms. The summed E-state index contributed by atoms with van der Waals surface area (Å²) in [5.74, 6) is 0.887. The number of piperazine rings is 1. The number of anilines is 4. The molecule has 2 saturated heterocycles. The molecule has 0 radical (unpaired) electrons. The first kappa shape index (κ1) is 21.3. The van der Waals surface area contributed by atoms with E-state index in [0.29, 0.717) is 31.2 Å². The Balaban J connectivity index is 1.28. The molecule has 1 spiro atoms. The topological polar surface area (TPSA) is 102 Å².